The van der Waals surface area contributed by atoms with Crippen molar-refractivity contribution < 1.29 is 9.53 Å². The lowest BCUT2D eigenvalue weighted by Crippen LogP contribution is -2.29. The summed E-state index contributed by atoms with van der Waals surface area (Å²) in [4.78, 5) is 16.3. The maximum absolute atomic E-state index is 11.8. The molecule has 5 nitrogen and oxygen atoms in total. The van der Waals surface area contributed by atoms with E-state index in [-0.39, 0.29) is 17.5 Å². The summed E-state index contributed by atoms with van der Waals surface area (Å²) < 4.78 is 5.46. The summed E-state index contributed by atoms with van der Waals surface area (Å²) >= 11 is 6.49. The highest BCUT2D eigenvalue weighted by atomic mass is 32.1. The van der Waals surface area contributed by atoms with Crippen molar-refractivity contribution in [2.24, 2.45) is 5.73 Å². The average molecular weight is 321 g/mol. The summed E-state index contributed by atoms with van der Waals surface area (Å²) in [5.74, 6) is 0.281. The Morgan fingerprint density at radius 2 is 2.24 bits per heavy atom. The number of aromatic nitrogens is 1. The number of rotatable bonds is 6. The molecule has 21 heavy (non-hydrogen) atoms. The summed E-state index contributed by atoms with van der Waals surface area (Å²) in [6.45, 7) is 2.22. The topological polar surface area (TPSA) is 77.2 Å². The predicted molar refractivity (Wildman–Crippen MR) is 86.5 cm³/mol. The van der Waals surface area contributed by atoms with Crippen LogP contribution in [0.15, 0.2) is 29.6 Å². The minimum absolute atomic E-state index is 0.0945. The van der Waals surface area contributed by atoms with Gasteiger partial charge in [0.2, 0.25) is 0 Å². The molecule has 1 aromatic heterocycles. The Hall–Kier alpha value is -1.99. The molecular formula is C14H15N3O2S2. The van der Waals surface area contributed by atoms with Gasteiger partial charge in [0.05, 0.1) is 22.8 Å². The second-order valence-corrected chi connectivity index (χ2v) is 5.79. The first-order valence-corrected chi connectivity index (χ1v) is 7.54. The zero-order valence-corrected chi connectivity index (χ0v) is 13.1. The molecule has 0 aliphatic heterocycles. The molecule has 0 fully saturated rings. The molecule has 1 amide bonds. The molecule has 0 aliphatic carbocycles. The summed E-state index contributed by atoms with van der Waals surface area (Å²) in [6, 6.07) is 7.10. The fraction of sp³-hybridized carbons (Fsp3) is 0.214. The highest BCUT2D eigenvalue weighted by molar-refractivity contribution is 7.80. The van der Waals surface area contributed by atoms with Crippen molar-refractivity contribution in [2.45, 2.75) is 13.5 Å². The molecule has 0 unspecified atom stereocenters. The number of benzene rings is 1. The summed E-state index contributed by atoms with van der Waals surface area (Å²) in [6.07, 6.45) is 0. The molecule has 1 heterocycles. The van der Waals surface area contributed by atoms with Crippen molar-refractivity contribution in [1.29, 1.82) is 0 Å². The van der Waals surface area contributed by atoms with Gasteiger partial charge in [-0.15, -0.1) is 11.3 Å². The number of nitrogens with one attached hydrogen (secondary N) is 1. The Kier molecular flexibility index (Phi) is 5.24. The number of thiocarbonyl (C=S) groups is 1. The van der Waals surface area contributed by atoms with Crippen LogP contribution in [0.3, 0.4) is 0 Å². The van der Waals surface area contributed by atoms with Gasteiger partial charge in [0.25, 0.3) is 5.91 Å². The van der Waals surface area contributed by atoms with Crippen LogP contribution in [0.2, 0.25) is 0 Å². The Bertz CT molecular complexity index is 655. The molecule has 110 valence electrons. The highest BCUT2D eigenvalue weighted by Gasteiger charge is 2.08. The Morgan fingerprint density at radius 1 is 1.48 bits per heavy atom. The maximum Gasteiger partial charge on any atom is 0.258 e. The van der Waals surface area contributed by atoms with Gasteiger partial charge in [-0.2, -0.15) is 0 Å². The van der Waals surface area contributed by atoms with Crippen molar-refractivity contribution in [3.63, 3.8) is 0 Å². The fourth-order valence-electron chi connectivity index (χ4n) is 1.67. The normalized spacial score (nSPS) is 10.1. The quantitative estimate of drug-likeness (QED) is 0.793. The summed E-state index contributed by atoms with van der Waals surface area (Å²) in [5, 5.41) is 5.64. The molecule has 0 bridgehead atoms. The number of nitrogens with two attached hydrogens (primary N) is 1. The van der Waals surface area contributed by atoms with Gasteiger partial charge in [-0.3, -0.25) is 4.79 Å². The van der Waals surface area contributed by atoms with Gasteiger partial charge in [0.1, 0.15) is 10.7 Å². The molecule has 7 heteroatoms. The van der Waals surface area contributed by atoms with E-state index in [0.717, 1.165) is 10.7 Å². The number of thiazole rings is 1. The van der Waals surface area contributed by atoms with Crippen LogP contribution in [0, 0.1) is 6.92 Å². The number of hydrogen-bond donors (Lipinski definition) is 2. The number of amides is 1. The smallest absolute Gasteiger partial charge is 0.258 e. The van der Waals surface area contributed by atoms with Gasteiger partial charge in [0.15, 0.2) is 6.61 Å². The molecule has 0 saturated carbocycles. The van der Waals surface area contributed by atoms with E-state index in [2.05, 4.69) is 10.3 Å². The van der Waals surface area contributed by atoms with Crippen LogP contribution in [0.5, 0.6) is 5.75 Å². The van der Waals surface area contributed by atoms with Crippen molar-refractivity contribution >= 4 is 34.5 Å². The third-order valence-electron chi connectivity index (χ3n) is 2.64. The van der Waals surface area contributed by atoms with Crippen molar-refractivity contribution in [3.05, 3.63) is 45.9 Å². The molecule has 1 aromatic carbocycles. The van der Waals surface area contributed by atoms with E-state index in [0.29, 0.717) is 17.9 Å². The van der Waals surface area contributed by atoms with Gasteiger partial charge in [-0.05, 0) is 19.1 Å². The van der Waals surface area contributed by atoms with Gasteiger partial charge in [-0.25, -0.2) is 4.98 Å². The number of carbonyl (C=O) groups excluding carboxylic acids is 1. The van der Waals surface area contributed by atoms with E-state index in [9.17, 15) is 4.79 Å². The molecule has 0 spiro atoms. The van der Waals surface area contributed by atoms with Crippen LogP contribution < -0.4 is 15.8 Å². The molecule has 0 atom stereocenters. The maximum atomic E-state index is 11.8. The number of aryl methyl sites for hydroxylation is 1. The van der Waals surface area contributed by atoms with E-state index in [1.165, 1.54) is 0 Å². The first kappa shape index (κ1) is 15.4. The van der Waals surface area contributed by atoms with Gasteiger partial charge in [0, 0.05) is 5.38 Å². The number of ether oxygens (including phenoxy) is 1. The molecule has 0 aliphatic rings. The van der Waals surface area contributed by atoms with Crippen LogP contribution in [0.1, 0.15) is 16.3 Å². The Morgan fingerprint density at radius 3 is 2.90 bits per heavy atom. The van der Waals surface area contributed by atoms with Crippen molar-refractivity contribution in [1.82, 2.24) is 10.3 Å². The van der Waals surface area contributed by atoms with E-state index in [1.807, 2.05) is 18.4 Å². The zero-order valence-electron chi connectivity index (χ0n) is 11.5. The predicted octanol–water partition coefficient (Wildman–Crippen LogP) is 1.78. The number of carbonyl (C=O) groups is 1. The second kappa shape index (κ2) is 7.14. The first-order valence-electron chi connectivity index (χ1n) is 6.25. The highest BCUT2D eigenvalue weighted by Crippen LogP contribution is 2.17. The van der Waals surface area contributed by atoms with Crippen LogP contribution in [0.4, 0.5) is 0 Å². The van der Waals surface area contributed by atoms with E-state index in [4.69, 9.17) is 22.7 Å². The average Bonchev–Trinajstić information content (AvgIpc) is 2.88. The van der Waals surface area contributed by atoms with E-state index >= 15 is 0 Å². The van der Waals surface area contributed by atoms with Crippen molar-refractivity contribution in [3.8, 4) is 5.75 Å². The number of para-hydroxylation sites is 1. The van der Waals surface area contributed by atoms with Gasteiger partial charge >= 0.3 is 0 Å². The SMILES string of the molecule is Cc1nc(CNC(=O)COc2ccccc2C(N)=S)cs1. The van der Waals surface area contributed by atoms with Gasteiger partial charge < -0.3 is 15.8 Å². The molecule has 0 saturated heterocycles. The Labute approximate surface area is 132 Å². The lowest BCUT2D eigenvalue weighted by Gasteiger charge is -2.10. The molecular weight excluding hydrogens is 306 g/mol. The van der Waals surface area contributed by atoms with Gasteiger partial charge in [-0.1, -0.05) is 24.4 Å². The molecule has 2 rings (SSSR count). The monoisotopic (exact) mass is 321 g/mol. The third-order valence-corrected chi connectivity index (χ3v) is 3.69. The molecule has 0 radical (unpaired) electrons. The summed E-state index contributed by atoms with van der Waals surface area (Å²) in [7, 11) is 0. The van der Waals surface area contributed by atoms with Crippen LogP contribution >= 0.6 is 23.6 Å². The minimum atomic E-state index is -0.224. The second-order valence-electron chi connectivity index (χ2n) is 4.28. The van der Waals surface area contributed by atoms with Crippen LogP contribution in [0.25, 0.3) is 0 Å². The van der Waals surface area contributed by atoms with E-state index in [1.54, 1.807) is 29.5 Å². The van der Waals surface area contributed by atoms with Crippen LogP contribution in [-0.2, 0) is 11.3 Å². The van der Waals surface area contributed by atoms with E-state index < -0.39 is 0 Å². The summed E-state index contributed by atoms with van der Waals surface area (Å²) in [5.41, 5.74) is 7.06. The minimum Gasteiger partial charge on any atom is -0.483 e. The fourth-order valence-corrected chi connectivity index (χ4v) is 2.45. The zero-order chi connectivity index (χ0) is 15.2. The van der Waals surface area contributed by atoms with Crippen LogP contribution in [-0.4, -0.2) is 22.5 Å². The lowest BCUT2D eigenvalue weighted by atomic mass is 10.2. The molecule has 3 N–H and O–H groups in total. The molecule has 2 aromatic rings. The standard InChI is InChI=1S/C14H15N3O2S2/c1-9-17-10(8-21-9)6-16-13(18)7-19-12-5-3-2-4-11(12)14(15)20/h2-5,8H,6-7H2,1H3,(H2,15,20)(H,16,18). The largest absolute Gasteiger partial charge is 0.483 e. The number of hydrogen-bond acceptors (Lipinski definition) is 5. The first-order chi connectivity index (χ1) is 10.1. The number of nitrogens with zero attached hydrogens (tertiary/aromatic N) is 1. The third kappa shape index (κ3) is 4.51. The van der Waals surface area contributed by atoms with Crippen molar-refractivity contribution in [2.75, 3.05) is 6.61 Å². The lowest BCUT2D eigenvalue weighted by molar-refractivity contribution is -0.123. The Balaban J connectivity index is 1.85.